The van der Waals surface area contributed by atoms with Gasteiger partial charge in [0.15, 0.2) is 0 Å². The number of amides is 4. The Morgan fingerprint density at radius 2 is 1.81 bits per heavy atom. The number of piperidine rings is 1. The number of fused-ring (bicyclic) bond motifs is 1. The van der Waals surface area contributed by atoms with Crippen LogP contribution in [0.25, 0.3) is 0 Å². The molecule has 2 aliphatic heterocycles. The van der Waals surface area contributed by atoms with Crippen LogP contribution in [0, 0.1) is 0 Å². The normalized spacial score (nSPS) is 18.6. The second-order valence-corrected chi connectivity index (χ2v) is 9.76. The molecule has 0 spiro atoms. The van der Waals surface area contributed by atoms with Crippen molar-refractivity contribution in [3.05, 3.63) is 57.6 Å². The average Bonchev–Trinajstić information content (AvgIpc) is 3.16. The lowest BCUT2D eigenvalue weighted by Gasteiger charge is -2.32. The second-order valence-electron chi connectivity index (χ2n) is 9.32. The zero-order valence-corrected chi connectivity index (χ0v) is 21.1. The van der Waals surface area contributed by atoms with Gasteiger partial charge in [-0.15, -0.1) is 0 Å². The molecule has 0 radical (unpaired) electrons. The number of nitrogens with one attached hydrogen (secondary N) is 1. The third-order valence-electron chi connectivity index (χ3n) is 7.25. The molecule has 1 fully saturated rings. The number of hydrogen-bond donors (Lipinski definition) is 1. The summed E-state index contributed by atoms with van der Waals surface area (Å²) < 4.78 is 30.1. The molecule has 7 nitrogen and oxygen atoms in total. The van der Waals surface area contributed by atoms with Crippen LogP contribution in [0.3, 0.4) is 0 Å². The van der Waals surface area contributed by atoms with E-state index in [1.54, 1.807) is 29.6 Å². The Kier molecular flexibility index (Phi) is 6.81. The molecule has 2 atom stereocenters. The van der Waals surface area contributed by atoms with Crippen molar-refractivity contribution in [3.8, 4) is 0 Å². The van der Waals surface area contributed by atoms with E-state index >= 15 is 8.78 Å². The lowest BCUT2D eigenvalue weighted by atomic mass is 9.69. The molecule has 2 aromatic carbocycles. The van der Waals surface area contributed by atoms with Gasteiger partial charge in [-0.2, -0.15) is 8.78 Å². The highest BCUT2D eigenvalue weighted by molar-refractivity contribution is 6.52. The maximum Gasteiger partial charge on any atom is 0.348 e. The molecular formula is C22H22B4ClF2N3O4. The topological polar surface area (TPSA) is 86.8 Å². The van der Waals surface area contributed by atoms with E-state index in [1.807, 2.05) is 0 Å². The summed E-state index contributed by atoms with van der Waals surface area (Å²) in [6.45, 7) is 0.153. The maximum atomic E-state index is 15.0. The summed E-state index contributed by atoms with van der Waals surface area (Å²) >= 11 is 5.79. The number of rotatable bonds is 5. The maximum absolute atomic E-state index is 15.0. The molecule has 0 aromatic heterocycles. The molecule has 4 rings (SSSR count). The summed E-state index contributed by atoms with van der Waals surface area (Å²) in [5.41, 5.74) is 2.66. The van der Waals surface area contributed by atoms with Crippen LogP contribution in [-0.2, 0) is 26.9 Å². The molecule has 36 heavy (non-hydrogen) atoms. The summed E-state index contributed by atoms with van der Waals surface area (Å²) in [5.74, 6) is -7.03. The van der Waals surface area contributed by atoms with Gasteiger partial charge in [0.25, 0.3) is 11.8 Å². The van der Waals surface area contributed by atoms with Crippen molar-refractivity contribution >= 4 is 77.7 Å². The zero-order chi connectivity index (χ0) is 26.5. The highest BCUT2D eigenvalue weighted by Gasteiger charge is 2.44. The minimum Gasteiger partial charge on any atom is -0.389 e. The van der Waals surface area contributed by atoms with E-state index in [1.165, 1.54) is 25.0 Å². The van der Waals surface area contributed by atoms with Crippen molar-refractivity contribution < 1.29 is 28.0 Å². The number of imide groups is 1. The first kappa shape index (κ1) is 26.0. The Labute approximate surface area is 215 Å². The lowest BCUT2D eigenvalue weighted by Crippen LogP contribution is -2.52. The molecule has 2 heterocycles. The molecular weight excluding hydrogens is 487 g/mol. The number of benzene rings is 2. The quantitative estimate of drug-likeness (QED) is 0.355. The summed E-state index contributed by atoms with van der Waals surface area (Å²) in [6.07, 6.45) is 0.383. The Morgan fingerprint density at radius 3 is 2.42 bits per heavy atom. The molecule has 0 bridgehead atoms. The van der Waals surface area contributed by atoms with E-state index in [2.05, 4.69) is 5.32 Å². The standard InChI is InChI=1S/C22H22B4ClF2N3O4/c23-16-12(18(25)32(26)21(36)22(28,29)10-1-3-11(27)4-2-10)7-9-8-31(20(35)15(9)17(16)24)13-5-6-14(33)30-19(13)34/h1-4,7,13,18H,5-6,8,23-26H2,(H,30,33,34). The molecule has 1 saturated heterocycles. The van der Waals surface area contributed by atoms with Gasteiger partial charge < -0.3 is 9.71 Å². The van der Waals surface area contributed by atoms with Gasteiger partial charge >= 0.3 is 5.92 Å². The predicted octanol–water partition coefficient (Wildman–Crippen LogP) is -2.58. The average molecular weight is 509 g/mol. The number of nitrogens with zero attached hydrogens (tertiary/aromatic N) is 2. The van der Waals surface area contributed by atoms with Crippen LogP contribution in [-0.4, -0.2) is 70.9 Å². The monoisotopic (exact) mass is 509 g/mol. The van der Waals surface area contributed by atoms with Crippen molar-refractivity contribution in [2.45, 2.75) is 37.3 Å². The molecule has 0 saturated carbocycles. The van der Waals surface area contributed by atoms with Gasteiger partial charge in [0.2, 0.25) is 19.8 Å². The van der Waals surface area contributed by atoms with Crippen LogP contribution in [0.4, 0.5) is 8.78 Å². The summed E-state index contributed by atoms with van der Waals surface area (Å²) in [7, 11) is 6.51. The highest BCUT2D eigenvalue weighted by atomic mass is 35.5. The van der Waals surface area contributed by atoms with Crippen LogP contribution >= 0.6 is 11.6 Å². The van der Waals surface area contributed by atoms with Gasteiger partial charge in [-0.05, 0) is 29.7 Å². The third-order valence-corrected chi connectivity index (χ3v) is 7.50. The fourth-order valence-corrected chi connectivity index (χ4v) is 5.01. The predicted molar refractivity (Wildman–Crippen MR) is 141 cm³/mol. The van der Waals surface area contributed by atoms with Crippen LogP contribution in [0.15, 0.2) is 30.3 Å². The second kappa shape index (κ2) is 9.42. The molecule has 182 valence electrons. The third kappa shape index (κ3) is 4.34. The molecule has 0 aliphatic carbocycles. The van der Waals surface area contributed by atoms with Crippen LogP contribution < -0.4 is 16.2 Å². The Balaban J connectivity index is 1.62. The summed E-state index contributed by atoms with van der Waals surface area (Å²) in [5, 5.41) is 2.56. The van der Waals surface area contributed by atoms with E-state index in [0.717, 1.165) is 16.9 Å². The Hall–Kier alpha value is -3.07. The van der Waals surface area contributed by atoms with Crippen molar-refractivity contribution in [2.24, 2.45) is 0 Å². The largest absolute Gasteiger partial charge is 0.389 e. The summed E-state index contributed by atoms with van der Waals surface area (Å²) in [4.78, 5) is 52.4. The number of carbonyl (C=O) groups excluding carboxylic acids is 4. The van der Waals surface area contributed by atoms with Crippen molar-refractivity contribution in [1.82, 2.24) is 15.0 Å². The first-order valence-corrected chi connectivity index (χ1v) is 11.9. The Morgan fingerprint density at radius 1 is 1.17 bits per heavy atom. The van der Waals surface area contributed by atoms with E-state index in [4.69, 9.17) is 11.6 Å². The lowest BCUT2D eigenvalue weighted by molar-refractivity contribution is -0.154. The summed E-state index contributed by atoms with van der Waals surface area (Å²) in [6, 6.07) is 5.85. The smallest absolute Gasteiger partial charge is 0.348 e. The highest BCUT2D eigenvalue weighted by Crippen LogP contribution is 2.33. The minimum absolute atomic E-state index is 0.144. The SMILES string of the molecule is Bc1c(C(B)N(B)C(=O)C(F)(F)c2ccc(Cl)cc2)cc2c(c1B)C(=O)N(C1CCC(=O)NC1=O)C2. The van der Waals surface area contributed by atoms with Crippen molar-refractivity contribution in [3.63, 3.8) is 0 Å². The molecule has 2 aromatic rings. The number of halogens is 3. The van der Waals surface area contributed by atoms with E-state index in [0.29, 0.717) is 27.6 Å². The van der Waals surface area contributed by atoms with Crippen molar-refractivity contribution in [1.29, 1.82) is 0 Å². The zero-order valence-electron chi connectivity index (χ0n) is 20.3. The van der Waals surface area contributed by atoms with Gasteiger partial charge in [-0.1, -0.05) is 40.7 Å². The minimum atomic E-state index is -3.76. The molecule has 4 amide bonds. The van der Waals surface area contributed by atoms with Gasteiger partial charge in [0, 0.05) is 35.1 Å². The van der Waals surface area contributed by atoms with Gasteiger partial charge in [0.05, 0.1) is 0 Å². The number of carbonyl (C=O) groups is 4. The van der Waals surface area contributed by atoms with Crippen LogP contribution in [0.2, 0.25) is 5.02 Å². The Bertz CT molecular complexity index is 1300. The van der Waals surface area contributed by atoms with E-state index < -0.39 is 35.3 Å². The molecule has 2 aliphatic rings. The van der Waals surface area contributed by atoms with E-state index in [-0.39, 0.29) is 36.2 Å². The van der Waals surface area contributed by atoms with Gasteiger partial charge in [-0.25, -0.2) is 0 Å². The van der Waals surface area contributed by atoms with Crippen molar-refractivity contribution in [2.75, 3.05) is 0 Å². The fourth-order valence-electron chi connectivity index (χ4n) is 4.89. The molecule has 14 heteroatoms. The van der Waals surface area contributed by atoms with Gasteiger partial charge in [0.1, 0.15) is 29.6 Å². The van der Waals surface area contributed by atoms with Crippen LogP contribution in [0.5, 0.6) is 0 Å². The van der Waals surface area contributed by atoms with E-state index in [9.17, 15) is 19.2 Å². The van der Waals surface area contributed by atoms with Gasteiger partial charge in [-0.3, -0.25) is 24.5 Å². The fraction of sp³-hybridized carbons (Fsp3) is 0.273. The molecule has 2 unspecified atom stereocenters. The number of hydrogen-bond acceptors (Lipinski definition) is 4. The molecule has 1 N–H and O–H groups in total. The first-order chi connectivity index (χ1) is 16.8. The number of alkyl halides is 2. The van der Waals surface area contributed by atoms with Crippen LogP contribution in [0.1, 0.15) is 45.8 Å². The first-order valence-electron chi connectivity index (χ1n) is 11.5.